The number of nitrogens with two attached hydrogens (primary N) is 1. The van der Waals surface area contributed by atoms with Gasteiger partial charge in [-0.05, 0) is 25.2 Å². The van der Waals surface area contributed by atoms with Gasteiger partial charge in [0, 0.05) is 12.3 Å². The predicted octanol–water partition coefficient (Wildman–Crippen LogP) is 1.51. The molecule has 16 heavy (non-hydrogen) atoms. The van der Waals surface area contributed by atoms with Crippen molar-refractivity contribution < 1.29 is 5.11 Å². The topological polar surface area (TPSA) is 72.0 Å². The highest BCUT2D eigenvalue weighted by atomic mass is 32.2. The molecule has 6 heteroatoms. The summed E-state index contributed by atoms with van der Waals surface area (Å²) >= 11 is 3.28. The highest BCUT2D eigenvalue weighted by molar-refractivity contribution is 8.00. The molecule has 1 aliphatic carbocycles. The van der Waals surface area contributed by atoms with Crippen LogP contribution >= 0.6 is 23.1 Å². The first-order valence-corrected chi connectivity index (χ1v) is 7.42. The molecule has 2 unspecified atom stereocenters. The first-order valence-electron chi connectivity index (χ1n) is 5.56. The van der Waals surface area contributed by atoms with E-state index >= 15 is 0 Å². The van der Waals surface area contributed by atoms with E-state index in [4.69, 9.17) is 5.73 Å². The number of aromatic nitrogens is 2. The van der Waals surface area contributed by atoms with E-state index in [0.29, 0.717) is 12.5 Å². The molecule has 1 aromatic heterocycles. The van der Waals surface area contributed by atoms with Crippen molar-refractivity contribution in [2.75, 3.05) is 12.3 Å². The zero-order valence-electron chi connectivity index (χ0n) is 9.13. The van der Waals surface area contributed by atoms with E-state index in [-0.39, 0.29) is 0 Å². The predicted molar refractivity (Wildman–Crippen MR) is 66.6 cm³/mol. The Morgan fingerprint density at radius 1 is 1.69 bits per heavy atom. The quantitative estimate of drug-likeness (QED) is 0.784. The van der Waals surface area contributed by atoms with Crippen molar-refractivity contribution in [1.82, 2.24) is 10.2 Å². The van der Waals surface area contributed by atoms with Gasteiger partial charge in [-0.3, -0.25) is 0 Å². The van der Waals surface area contributed by atoms with Crippen molar-refractivity contribution in [3.8, 4) is 0 Å². The van der Waals surface area contributed by atoms with Gasteiger partial charge in [-0.2, -0.15) is 0 Å². The minimum atomic E-state index is -0.609. The maximum Gasteiger partial charge on any atom is 0.174 e. The van der Waals surface area contributed by atoms with Gasteiger partial charge in [-0.25, -0.2) is 0 Å². The Labute approximate surface area is 104 Å². The third kappa shape index (κ3) is 2.74. The molecule has 0 amide bonds. The molecule has 0 spiro atoms. The van der Waals surface area contributed by atoms with Crippen LogP contribution in [0.5, 0.6) is 0 Å². The van der Waals surface area contributed by atoms with Crippen LogP contribution in [-0.2, 0) is 0 Å². The van der Waals surface area contributed by atoms with Gasteiger partial charge in [-0.15, -0.1) is 10.2 Å². The molecule has 2 rings (SSSR count). The van der Waals surface area contributed by atoms with E-state index in [2.05, 4.69) is 10.2 Å². The van der Waals surface area contributed by atoms with Gasteiger partial charge in [0.05, 0.1) is 5.60 Å². The van der Waals surface area contributed by atoms with Crippen LogP contribution in [0.25, 0.3) is 0 Å². The van der Waals surface area contributed by atoms with Crippen molar-refractivity contribution in [1.29, 1.82) is 0 Å². The SMILES string of the molecule is NCC1(O)CCCC1CCSc1nncs1. The van der Waals surface area contributed by atoms with E-state index in [9.17, 15) is 5.11 Å². The molecule has 0 aromatic carbocycles. The molecule has 0 radical (unpaired) electrons. The Kier molecular flexibility index (Phi) is 4.18. The summed E-state index contributed by atoms with van der Waals surface area (Å²) in [6.45, 7) is 0.390. The van der Waals surface area contributed by atoms with Crippen LogP contribution in [0.2, 0.25) is 0 Å². The fourth-order valence-electron chi connectivity index (χ4n) is 2.32. The average molecular weight is 259 g/mol. The number of aliphatic hydroxyl groups is 1. The van der Waals surface area contributed by atoms with Crippen LogP contribution in [0.1, 0.15) is 25.7 Å². The normalized spacial score (nSPS) is 29.8. The molecular formula is C10H17N3OS2. The summed E-state index contributed by atoms with van der Waals surface area (Å²) in [7, 11) is 0. The van der Waals surface area contributed by atoms with E-state index < -0.39 is 5.60 Å². The lowest BCUT2D eigenvalue weighted by molar-refractivity contribution is 0.0104. The van der Waals surface area contributed by atoms with Gasteiger partial charge < -0.3 is 10.8 Å². The largest absolute Gasteiger partial charge is 0.388 e. The maximum absolute atomic E-state index is 10.3. The summed E-state index contributed by atoms with van der Waals surface area (Å²) in [5.74, 6) is 1.35. The summed E-state index contributed by atoms with van der Waals surface area (Å²) in [4.78, 5) is 0. The summed E-state index contributed by atoms with van der Waals surface area (Å²) < 4.78 is 1.01. The fraction of sp³-hybridized carbons (Fsp3) is 0.800. The number of hydrogen-bond donors (Lipinski definition) is 2. The van der Waals surface area contributed by atoms with Gasteiger partial charge >= 0.3 is 0 Å². The van der Waals surface area contributed by atoms with Crippen molar-refractivity contribution >= 4 is 23.1 Å². The minimum absolute atomic E-state index is 0.359. The second-order valence-corrected chi connectivity index (χ2v) is 6.41. The highest BCUT2D eigenvalue weighted by Crippen LogP contribution is 2.38. The lowest BCUT2D eigenvalue weighted by Crippen LogP contribution is -2.41. The van der Waals surface area contributed by atoms with Crippen LogP contribution in [0.4, 0.5) is 0 Å². The minimum Gasteiger partial charge on any atom is -0.388 e. The zero-order valence-corrected chi connectivity index (χ0v) is 10.8. The molecule has 1 fully saturated rings. The molecule has 1 heterocycles. The second kappa shape index (κ2) is 5.44. The van der Waals surface area contributed by atoms with Crippen LogP contribution in [0.3, 0.4) is 0 Å². The fourth-order valence-corrected chi connectivity index (χ4v) is 3.94. The van der Waals surface area contributed by atoms with E-state index in [1.54, 1.807) is 28.6 Å². The van der Waals surface area contributed by atoms with E-state index in [1.807, 2.05) is 0 Å². The first-order chi connectivity index (χ1) is 7.74. The van der Waals surface area contributed by atoms with Crippen LogP contribution in [-0.4, -0.2) is 33.2 Å². The number of rotatable bonds is 5. The standard InChI is InChI=1S/C10H17N3OS2/c11-6-10(14)4-1-2-8(10)3-5-15-9-13-12-7-16-9/h7-8,14H,1-6,11H2. The molecule has 1 saturated carbocycles. The Morgan fingerprint density at radius 2 is 2.56 bits per heavy atom. The number of thioether (sulfide) groups is 1. The molecule has 1 aromatic rings. The molecule has 4 nitrogen and oxygen atoms in total. The maximum atomic E-state index is 10.3. The van der Waals surface area contributed by atoms with Crippen molar-refractivity contribution in [2.24, 2.45) is 11.7 Å². The third-order valence-electron chi connectivity index (χ3n) is 3.31. The van der Waals surface area contributed by atoms with Gasteiger partial charge in [0.15, 0.2) is 4.34 Å². The molecule has 2 atom stereocenters. The number of hydrogen-bond acceptors (Lipinski definition) is 6. The van der Waals surface area contributed by atoms with Crippen LogP contribution in [0.15, 0.2) is 9.85 Å². The van der Waals surface area contributed by atoms with Crippen LogP contribution in [0, 0.1) is 5.92 Å². The van der Waals surface area contributed by atoms with Gasteiger partial charge in [0.1, 0.15) is 5.51 Å². The van der Waals surface area contributed by atoms with E-state index in [0.717, 1.165) is 35.8 Å². The van der Waals surface area contributed by atoms with Crippen molar-refractivity contribution in [3.63, 3.8) is 0 Å². The lowest BCUT2D eigenvalue weighted by atomic mass is 9.89. The smallest absolute Gasteiger partial charge is 0.174 e. The Balaban J connectivity index is 1.77. The molecule has 3 N–H and O–H groups in total. The Hall–Kier alpha value is -0.170. The third-order valence-corrected chi connectivity index (χ3v) is 5.20. The Bertz CT molecular complexity index is 320. The van der Waals surface area contributed by atoms with Crippen molar-refractivity contribution in [3.05, 3.63) is 5.51 Å². The molecule has 0 saturated heterocycles. The molecule has 1 aliphatic rings. The summed E-state index contributed by atoms with van der Waals surface area (Å²) in [5.41, 5.74) is 6.78. The van der Waals surface area contributed by atoms with E-state index in [1.165, 1.54) is 0 Å². The molecule has 90 valence electrons. The van der Waals surface area contributed by atoms with Gasteiger partial charge in [0.25, 0.3) is 0 Å². The summed E-state index contributed by atoms with van der Waals surface area (Å²) in [6, 6.07) is 0. The van der Waals surface area contributed by atoms with Crippen molar-refractivity contribution in [2.45, 2.75) is 35.6 Å². The average Bonchev–Trinajstić information content (AvgIpc) is 2.90. The number of nitrogens with zero attached hydrogens (tertiary/aromatic N) is 2. The monoisotopic (exact) mass is 259 g/mol. The Morgan fingerprint density at radius 3 is 3.25 bits per heavy atom. The van der Waals surface area contributed by atoms with Gasteiger partial charge in [-0.1, -0.05) is 29.5 Å². The molecule has 0 aliphatic heterocycles. The van der Waals surface area contributed by atoms with Crippen LogP contribution < -0.4 is 5.73 Å². The summed E-state index contributed by atoms with van der Waals surface area (Å²) in [6.07, 6.45) is 4.07. The zero-order chi connectivity index (χ0) is 11.4. The van der Waals surface area contributed by atoms with Gasteiger partial charge in [0.2, 0.25) is 0 Å². The second-order valence-electron chi connectivity index (χ2n) is 4.24. The molecular weight excluding hydrogens is 242 g/mol. The first kappa shape index (κ1) is 12.3. The molecule has 0 bridgehead atoms. The lowest BCUT2D eigenvalue weighted by Gasteiger charge is -2.28. The highest BCUT2D eigenvalue weighted by Gasteiger charge is 2.39. The summed E-state index contributed by atoms with van der Waals surface area (Å²) in [5, 5.41) is 18.0.